The van der Waals surface area contributed by atoms with Gasteiger partial charge in [0, 0.05) is 4.43 Å². The molecule has 1 rings (SSSR count). The zero-order chi connectivity index (χ0) is 8.10. The number of allylic oxidation sites excluding steroid dienone is 1. The van der Waals surface area contributed by atoms with E-state index in [0.717, 1.165) is 23.9 Å². The van der Waals surface area contributed by atoms with Crippen molar-refractivity contribution in [3.05, 3.63) is 10.6 Å². The first-order valence-corrected chi connectivity index (χ1v) is 6.17. The molecule has 0 aromatic rings. The Hall–Kier alpha value is 0.910. The Morgan fingerprint density at radius 2 is 2.55 bits per heavy atom. The summed E-state index contributed by atoms with van der Waals surface area (Å²) in [6.45, 7) is 0.899. The minimum atomic E-state index is 0.478. The van der Waals surface area contributed by atoms with Crippen LogP contribution >= 0.6 is 38.5 Å². The van der Waals surface area contributed by atoms with Crippen molar-refractivity contribution in [2.75, 3.05) is 11.0 Å². The molecule has 3 heteroatoms. The highest BCUT2D eigenvalue weighted by Crippen LogP contribution is 2.24. The molecule has 1 aliphatic rings. The van der Waals surface area contributed by atoms with Crippen LogP contribution in [0, 0.1) is 0 Å². The van der Waals surface area contributed by atoms with Crippen molar-refractivity contribution in [2.24, 2.45) is 0 Å². The zero-order valence-corrected chi connectivity index (χ0v) is 10.1. The zero-order valence-electron chi connectivity index (χ0n) is 6.35. The van der Waals surface area contributed by atoms with Crippen LogP contribution in [0.25, 0.3) is 0 Å². The molecule has 1 atom stereocenters. The lowest BCUT2D eigenvalue weighted by atomic mass is 10.1. The molecule has 0 aromatic carbocycles. The van der Waals surface area contributed by atoms with E-state index in [-0.39, 0.29) is 0 Å². The second-order valence-electron chi connectivity index (χ2n) is 2.61. The molecule has 0 heterocycles. The summed E-state index contributed by atoms with van der Waals surface area (Å²) in [6, 6.07) is 0. The normalized spacial score (nSPS) is 24.9. The summed E-state index contributed by atoms with van der Waals surface area (Å²) in [4.78, 5) is 0. The molecular formula is C8H12BrIO. The third kappa shape index (κ3) is 3.90. The van der Waals surface area contributed by atoms with Gasteiger partial charge in [-0.25, -0.2) is 0 Å². The average Bonchev–Trinajstić information content (AvgIpc) is 2.04. The van der Waals surface area contributed by atoms with Crippen LogP contribution in [-0.2, 0) is 4.74 Å². The number of alkyl halides is 1. The van der Waals surface area contributed by atoms with Crippen LogP contribution in [0.3, 0.4) is 0 Å². The van der Waals surface area contributed by atoms with Crippen LogP contribution in [0.1, 0.15) is 19.3 Å². The Kier molecular flexibility index (Phi) is 5.03. The monoisotopic (exact) mass is 330 g/mol. The van der Waals surface area contributed by atoms with Crippen molar-refractivity contribution in [1.82, 2.24) is 0 Å². The molecule has 0 radical (unpaired) electrons. The summed E-state index contributed by atoms with van der Waals surface area (Å²) in [7, 11) is 0. The first-order valence-electron chi connectivity index (χ1n) is 3.85. The summed E-state index contributed by atoms with van der Waals surface area (Å²) in [5.41, 5.74) is 0. The Morgan fingerprint density at radius 1 is 1.73 bits per heavy atom. The van der Waals surface area contributed by atoms with Crippen LogP contribution in [0.2, 0.25) is 0 Å². The molecule has 0 amide bonds. The minimum Gasteiger partial charge on any atom is -0.377 e. The van der Waals surface area contributed by atoms with Gasteiger partial charge in [0.05, 0.1) is 12.7 Å². The van der Waals surface area contributed by atoms with E-state index in [1.165, 1.54) is 10.9 Å². The SMILES string of the molecule is BrC1=CCC(OCCI)CC1. The van der Waals surface area contributed by atoms with Gasteiger partial charge < -0.3 is 4.74 Å². The second-order valence-corrected chi connectivity index (χ2v) is 4.70. The number of halogens is 2. The summed E-state index contributed by atoms with van der Waals surface area (Å²) >= 11 is 5.83. The van der Waals surface area contributed by atoms with Crippen molar-refractivity contribution >= 4 is 38.5 Å². The summed E-state index contributed by atoms with van der Waals surface area (Å²) < 4.78 is 8.04. The lowest BCUT2D eigenvalue weighted by Gasteiger charge is -2.19. The molecule has 1 unspecified atom stereocenters. The maximum absolute atomic E-state index is 5.61. The van der Waals surface area contributed by atoms with E-state index in [2.05, 4.69) is 44.6 Å². The smallest absolute Gasteiger partial charge is 0.0613 e. The number of hydrogen-bond acceptors (Lipinski definition) is 1. The quantitative estimate of drug-likeness (QED) is 0.570. The van der Waals surface area contributed by atoms with Crippen molar-refractivity contribution in [3.63, 3.8) is 0 Å². The summed E-state index contributed by atoms with van der Waals surface area (Å²) in [5.74, 6) is 0. The Bertz CT molecular complexity index is 147. The van der Waals surface area contributed by atoms with E-state index >= 15 is 0 Å². The topological polar surface area (TPSA) is 9.23 Å². The highest BCUT2D eigenvalue weighted by atomic mass is 127. The fourth-order valence-corrected chi connectivity index (χ4v) is 1.81. The molecule has 0 bridgehead atoms. The van der Waals surface area contributed by atoms with Crippen molar-refractivity contribution in [2.45, 2.75) is 25.4 Å². The maximum Gasteiger partial charge on any atom is 0.0613 e. The molecule has 0 saturated carbocycles. The molecule has 0 saturated heterocycles. The number of rotatable bonds is 3. The van der Waals surface area contributed by atoms with Gasteiger partial charge >= 0.3 is 0 Å². The molecule has 0 aromatic heterocycles. The number of hydrogen-bond donors (Lipinski definition) is 0. The van der Waals surface area contributed by atoms with Gasteiger partial charge in [0.1, 0.15) is 0 Å². The Labute approximate surface area is 89.8 Å². The fourth-order valence-electron chi connectivity index (χ4n) is 1.14. The molecule has 1 nitrogen and oxygen atoms in total. The van der Waals surface area contributed by atoms with E-state index in [4.69, 9.17) is 4.74 Å². The molecule has 0 fully saturated rings. The molecule has 1 aliphatic carbocycles. The van der Waals surface area contributed by atoms with E-state index < -0.39 is 0 Å². The van der Waals surface area contributed by atoms with Gasteiger partial charge in [-0.2, -0.15) is 0 Å². The Balaban J connectivity index is 2.18. The standard InChI is InChI=1S/C8H12BrIO/c9-7-1-3-8(4-2-7)11-6-5-10/h1,8H,2-6H2. The van der Waals surface area contributed by atoms with Gasteiger partial charge in [-0.15, -0.1) is 0 Å². The van der Waals surface area contributed by atoms with Crippen molar-refractivity contribution in [1.29, 1.82) is 0 Å². The fraction of sp³-hybridized carbons (Fsp3) is 0.750. The van der Waals surface area contributed by atoms with Gasteiger partial charge in [-0.3, -0.25) is 0 Å². The highest BCUT2D eigenvalue weighted by molar-refractivity contribution is 14.1. The molecule has 0 N–H and O–H groups in total. The summed E-state index contributed by atoms with van der Waals surface area (Å²) in [5, 5.41) is 0. The predicted molar refractivity (Wildman–Crippen MR) is 59.5 cm³/mol. The largest absolute Gasteiger partial charge is 0.377 e. The minimum absolute atomic E-state index is 0.478. The lowest BCUT2D eigenvalue weighted by Crippen LogP contribution is -2.16. The maximum atomic E-state index is 5.61. The third-order valence-electron chi connectivity index (χ3n) is 1.74. The molecule has 0 aliphatic heterocycles. The Morgan fingerprint density at radius 3 is 3.09 bits per heavy atom. The van der Waals surface area contributed by atoms with Crippen LogP contribution in [0.4, 0.5) is 0 Å². The van der Waals surface area contributed by atoms with E-state index in [1.54, 1.807) is 0 Å². The molecule has 64 valence electrons. The van der Waals surface area contributed by atoms with Gasteiger partial charge in [0.15, 0.2) is 0 Å². The van der Waals surface area contributed by atoms with Crippen LogP contribution in [0.5, 0.6) is 0 Å². The van der Waals surface area contributed by atoms with Crippen molar-refractivity contribution < 1.29 is 4.74 Å². The first-order chi connectivity index (χ1) is 5.33. The van der Waals surface area contributed by atoms with Gasteiger partial charge in [-0.1, -0.05) is 44.6 Å². The average molecular weight is 331 g/mol. The van der Waals surface area contributed by atoms with Crippen LogP contribution in [0.15, 0.2) is 10.6 Å². The predicted octanol–water partition coefficient (Wildman–Crippen LogP) is 3.27. The highest BCUT2D eigenvalue weighted by Gasteiger charge is 2.12. The summed E-state index contributed by atoms with van der Waals surface area (Å²) in [6.07, 6.45) is 6.10. The molecule has 0 spiro atoms. The van der Waals surface area contributed by atoms with Gasteiger partial charge in [0.25, 0.3) is 0 Å². The lowest BCUT2D eigenvalue weighted by molar-refractivity contribution is 0.0597. The molecular weight excluding hydrogens is 319 g/mol. The first kappa shape index (κ1) is 9.99. The van der Waals surface area contributed by atoms with E-state index in [0.29, 0.717) is 6.10 Å². The van der Waals surface area contributed by atoms with Gasteiger partial charge in [-0.05, 0) is 23.7 Å². The van der Waals surface area contributed by atoms with Crippen LogP contribution in [-0.4, -0.2) is 17.1 Å². The van der Waals surface area contributed by atoms with Crippen LogP contribution < -0.4 is 0 Å². The van der Waals surface area contributed by atoms with Gasteiger partial charge in [0.2, 0.25) is 0 Å². The van der Waals surface area contributed by atoms with Crippen molar-refractivity contribution in [3.8, 4) is 0 Å². The number of ether oxygens (including phenoxy) is 1. The molecule has 11 heavy (non-hydrogen) atoms. The second kappa shape index (κ2) is 5.54. The third-order valence-corrected chi connectivity index (χ3v) is 2.90. The van der Waals surface area contributed by atoms with E-state index in [1.807, 2.05) is 0 Å². The van der Waals surface area contributed by atoms with E-state index in [9.17, 15) is 0 Å².